The molecule has 0 saturated heterocycles. The third-order valence-corrected chi connectivity index (χ3v) is 6.89. The molecule has 0 saturated carbocycles. The molecule has 3 aromatic rings. The van der Waals surface area contributed by atoms with Gasteiger partial charge in [-0.3, -0.25) is 19.3 Å². The van der Waals surface area contributed by atoms with Gasteiger partial charge in [0.05, 0.1) is 33.3 Å². The maximum Gasteiger partial charge on any atom is 0.261 e. The minimum absolute atomic E-state index is 0.0966. The zero-order valence-corrected chi connectivity index (χ0v) is 19.7. The van der Waals surface area contributed by atoms with Crippen molar-refractivity contribution in [3.05, 3.63) is 74.6 Å². The number of benzene rings is 2. The van der Waals surface area contributed by atoms with Gasteiger partial charge in [-0.2, -0.15) is 5.26 Å². The standard InChI is InChI=1S/C24H18ClN5O3S/c1-14-11-15(7-8-19(14)28-29-22-18(12-26)21(25)20(13-31)34-22)27-9-4-10-30-23(32)16-5-2-3-6-17(16)24(30)33/h2-3,5-8,11,13,27H,4,9-10H2,1H3/p+1. The summed E-state index contributed by atoms with van der Waals surface area (Å²) in [5, 5.41) is 20.0. The van der Waals surface area contributed by atoms with E-state index >= 15 is 0 Å². The smallest absolute Gasteiger partial charge is 0.261 e. The van der Waals surface area contributed by atoms with Gasteiger partial charge in [-0.05, 0) is 30.7 Å². The summed E-state index contributed by atoms with van der Waals surface area (Å²) in [7, 11) is 0. The molecule has 2 aromatic carbocycles. The van der Waals surface area contributed by atoms with Crippen LogP contribution < -0.4 is 5.32 Å². The summed E-state index contributed by atoms with van der Waals surface area (Å²) in [6, 6.07) is 14.5. The molecule has 0 unspecified atom stereocenters. The lowest BCUT2D eigenvalue weighted by molar-refractivity contribution is -0.571. The van der Waals surface area contributed by atoms with Crippen LogP contribution in [0.15, 0.2) is 52.7 Å². The first-order valence-corrected chi connectivity index (χ1v) is 11.6. The Labute approximate surface area is 204 Å². The quantitative estimate of drug-likeness (QED) is 0.161. The molecule has 0 radical (unpaired) electrons. The van der Waals surface area contributed by atoms with Crippen molar-refractivity contribution in [3.63, 3.8) is 0 Å². The number of thiophene rings is 1. The number of halogens is 1. The van der Waals surface area contributed by atoms with E-state index in [0.29, 0.717) is 42.6 Å². The van der Waals surface area contributed by atoms with Gasteiger partial charge in [0.15, 0.2) is 11.3 Å². The molecule has 34 heavy (non-hydrogen) atoms. The third kappa shape index (κ3) is 4.52. The summed E-state index contributed by atoms with van der Waals surface area (Å²) in [6.45, 7) is 2.96. The fourth-order valence-electron chi connectivity index (χ4n) is 3.64. The average Bonchev–Trinajstić information content (AvgIpc) is 3.29. The number of hydrogen-bond donors (Lipinski definition) is 1. The lowest BCUT2D eigenvalue weighted by Crippen LogP contribution is -2.78. The van der Waals surface area contributed by atoms with Gasteiger partial charge in [0, 0.05) is 25.1 Å². The molecule has 0 fully saturated rings. The average molecular weight is 493 g/mol. The summed E-state index contributed by atoms with van der Waals surface area (Å²) in [5.74, 6) is -0.476. The fraction of sp³-hybridized carbons (Fsp3) is 0.167. The lowest BCUT2D eigenvalue weighted by Gasteiger charge is -2.13. The van der Waals surface area contributed by atoms with E-state index in [4.69, 9.17) is 11.6 Å². The Morgan fingerprint density at radius 2 is 1.85 bits per heavy atom. The number of nitrogens with zero attached hydrogens (tertiary/aromatic N) is 4. The Bertz CT molecular complexity index is 1340. The molecule has 8 nitrogen and oxygen atoms in total. The molecule has 1 aliphatic heterocycles. The number of aldehydes is 1. The van der Waals surface area contributed by atoms with Crippen LogP contribution in [0.2, 0.25) is 5.02 Å². The van der Waals surface area contributed by atoms with Crippen molar-refractivity contribution < 1.29 is 19.7 Å². The number of imide groups is 1. The third-order valence-electron chi connectivity index (χ3n) is 5.39. The molecule has 170 valence electrons. The van der Waals surface area contributed by atoms with Gasteiger partial charge >= 0.3 is 0 Å². The van der Waals surface area contributed by atoms with Crippen molar-refractivity contribution >= 4 is 57.4 Å². The van der Waals surface area contributed by atoms with Crippen LogP contribution in [0, 0.1) is 18.3 Å². The van der Waals surface area contributed by atoms with Gasteiger partial charge in [0.1, 0.15) is 17.3 Å². The number of aryl methyl sites for hydroxylation is 1. The topological polar surface area (TPSA) is 120 Å². The van der Waals surface area contributed by atoms with Gasteiger partial charge < -0.3 is 5.32 Å². The number of hydrogen-bond acceptors (Lipinski definition) is 7. The monoisotopic (exact) mass is 492 g/mol. The van der Waals surface area contributed by atoms with E-state index in [9.17, 15) is 19.6 Å². The Morgan fingerprint density at radius 3 is 2.47 bits per heavy atom. The number of rotatable bonds is 8. The number of carbonyl (C=O) groups excluding carboxylic acids is 3. The highest BCUT2D eigenvalue weighted by molar-refractivity contribution is 7.18. The van der Waals surface area contributed by atoms with E-state index in [1.165, 1.54) is 4.90 Å². The number of nitrogens with two attached hydrogens (primary N) is 1. The molecule has 0 spiro atoms. The normalized spacial score (nSPS) is 12.9. The second kappa shape index (κ2) is 10.1. The van der Waals surface area contributed by atoms with Crippen molar-refractivity contribution in [2.75, 3.05) is 13.1 Å². The molecular formula is C24H19ClN5O3S+. The van der Waals surface area contributed by atoms with E-state index in [2.05, 4.69) is 10.2 Å². The van der Waals surface area contributed by atoms with Crippen LogP contribution in [-0.2, 0) is 0 Å². The predicted octanol–water partition coefficient (Wildman–Crippen LogP) is 4.69. The van der Waals surface area contributed by atoms with E-state index in [1.807, 2.05) is 36.5 Å². The number of nitriles is 1. The van der Waals surface area contributed by atoms with Gasteiger partial charge in [-0.1, -0.05) is 23.7 Å². The van der Waals surface area contributed by atoms with Crippen molar-refractivity contribution in [3.8, 4) is 6.07 Å². The molecule has 1 aromatic heterocycles. The van der Waals surface area contributed by atoms with E-state index in [-0.39, 0.29) is 32.3 Å². The first kappa shape index (κ1) is 23.4. The minimum atomic E-state index is -0.238. The van der Waals surface area contributed by atoms with Crippen LogP contribution in [0.3, 0.4) is 0 Å². The Balaban J connectivity index is 1.34. The maximum atomic E-state index is 12.4. The second-order valence-electron chi connectivity index (χ2n) is 7.59. The van der Waals surface area contributed by atoms with Crippen LogP contribution in [0.5, 0.6) is 0 Å². The molecule has 10 heteroatoms. The first-order chi connectivity index (χ1) is 16.4. The number of quaternary nitrogens is 1. The molecule has 4 rings (SSSR count). The van der Waals surface area contributed by atoms with Gasteiger partial charge in [0.2, 0.25) is 0 Å². The van der Waals surface area contributed by atoms with Crippen molar-refractivity contribution in [2.45, 2.75) is 13.3 Å². The molecule has 2 amide bonds. The summed E-state index contributed by atoms with van der Waals surface area (Å²) in [6.07, 6.45) is 1.25. The lowest BCUT2D eigenvalue weighted by atomic mass is 10.1. The second-order valence-corrected chi connectivity index (χ2v) is 9.00. The highest BCUT2D eigenvalue weighted by atomic mass is 35.5. The highest BCUT2D eigenvalue weighted by Crippen LogP contribution is 2.38. The molecule has 1 aliphatic rings. The largest absolute Gasteiger partial charge is 0.314 e. The van der Waals surface area contributed by atoms with Crippen molar-refractivity contribution in [1.82, 2.24) is 4.90 Å². The number of azo groups is 1. The molecule has 0 aliphatic carbocycles. The molecule has 0 atom stereocenters. The van der Waals surface area contributed by atoms with Crippen LogP contribution in [0.25, 0.3) is 0 Å². The van der Waals surface area contributed by atoms with Crippen molar-refractivity contribution in [1.29, 1.82) is 5.26 Å². The molecule has 2 heterocycles. The summed E-state index contributed by atoms with van der Waals surface area (Å²) in [4.78, 5) is 37.5. The maximum absolute atomic E-state index is 12.4. The number of carbonyl (C=O) groups is 3. The van der Waals surface area contributed by atoms with Crippen LogP contribution in [0.4, 0.5) is 16.4 Å². The van der Waals surface area contributed by atoms with E-state index in [1.54, 1.807) is 24.3 Å². The van der Waals surface area contributed by atoms with E-state index in [0.717, 1.165) is 22.6 Å². The Hall–Kier alpha value is -3.71. The van der Waals surface area contributed by atoms with E-state index < -0.39 is 0 Å². The summed E-state index contributed by atoms with van der Waals surface area (Å²) in [5.41, 5.74) is 3.56. The number of fused-ring (bicyclic) bond motifs is 1. The Kier molecular flexibility index (Phi) is 6.93. The fourth-order valence-corrected chi connectivity index (χ4v) is 4.77. The number of amides is 2. The SMILES string of the molecule is Cc1cc([NH2+]CCCN2C(=O)c3ccccc3C2=O)ccc1N=Nc1sc(C=O)c(Cl)c1C#N. The Morgan fingerprint density at radius 1 is 1.15 bits per heavy atom. The molecular weight excluding hydrogens is 474 g/mol. The van der Waals surface area contributed by atoms with Crippen LogP contribution >= 0.6 is 22.9 Å². The van der Waals surface area contributed by atoms with Crippen LogP contribution in [0.1, 0.15) is 47.9 Å². The van der Waals surface area contributed by atoms with Gasteiger partial charge in [-0.25, -0.2) is 0 Å². The summed E-state index contributed by atoms with van der Waals surface area (Å²) < 4.78 is 0. The summed E-state index contributed by atoms with van der Waals surface area (Å²) >= 11 is 7.03. The van der Waals surface area contributed by atoms with Crippen LogP contribution in [-0.4, -0.2) is 36.1 Å². The highest BCUT2D eigenvalue weighted by Gasteiger charge is 2.34. The zero-order chi connectivity index (χ0) is 24.2. The first-order valence-electron chi connectivity index (χ1n) is 10.4. The van der Waals surface area contributed by atoms with Gasteiger partial charge in [0.25, 0.3) is 11.8 Å². The van der Waals surface area contributed by atoms with Gasteiger partial charge in [-0.15, -0.1) is 21.6 Å². The van der Waals surface area contributed by atoms with Crippen molar-refractivity contribution in [2.24, 2.45) is 10.2 Å². The zero-order valence-electron chi connectivity index (χ0n) is 18.1. The minimum Gasteiger partial charge on any atom is -0.314 e. The molecule has 0 bridgehead atoms. The molecule has 2 N–H and O–H groups in total. The predicted molar refractivity (Wildman–Crippen MR) is 128 cm³/mol.